The van der Waals surface area contributed by atoms with Gasteiger partial charge in [-0.15, -0.1) is 0 Å². The molecule has 0 saturated carbocycles. The van der Waals surface area contributed by atoms with Crippen LogP contribution in [0.25, 0.3) is 0 Å². The first-order valence-electron chi connectivity index (χ1n) is 9.53. The van der Waals surface area contributed by atoms with E-state index >= 15 is 0 Å². The van der Waals surface area contributed by atoms with Crippen LogP contribution in [0.3, 0.4) is 0 Å². The Morgan fingerprint density at radius 1 is 1.32 bits per heavy atom. The zero-order chi connectivity index (χ0) is 20.3. The van der Waals surface area contributed by atoms with Crippen molar-refractivity contribution in [2.24, 2.45) is 7.05 Å². The van der Waals surface area contributed by atoms with Crippen LogP contribution >= 0.6 is 0 Å². The standard InChI is InChI=1S/C19H28N6O3/c1-13-18(14(2)23(3)21-13)19(27)20-15-6-5-9-24(12-15)16-7-8-17(26)25(22-16)10-11-28-4/h7-8,15H,5-6,9-12H2,1-4H3,(H,20,27). The first kappa shape index (κ1) is 20.1. The van der Waals surface area contributed by atoms with Crippen molar-refractivity contribution in [1.29, 1.82) is 0 Å². The molecule has 0 bridgehead atoms. The Bertz CT molecular complexity index is 904. The Balaban J connectivity index is 1.70. The number of amides is 1. The van der Waals surface area contributed by atoms with E-state index in [0.29, 0.717) is 25.3 Å². The van der Waals surface area contributed by atoms with Gasteiger partial charge in [0, 0.05) is 45.0 Å². The van der Waals surface area contributed by atoms with Gasteiger partial charge in [-0.05, 0) is 32.8 Å². The number of hydrogen-bond donors (Lipinski definition) is 1. The maximum absolute atomic E-state index is 12.8. The van der Waals surface area contributed by atoms with E-state index in [9.17, 15) is 9.59 Å². The molecule has 1 aliphatic rings. The number of aromatic nitrogens is 4. The van der Waals surface area contributed by atoms with Crippen LogP contribution in [0.15, 0.2) is 16.9 Å². The van der Waals surface area contributed by atoms with Crippen LogP contribution in [0.1, 0.15) is 34.6 Å². The Labute approximate surface area is 164 Å². The molecule has 0 spiro atoms. The van der Waals surface area contributed by atoms with Gasteiger partial charge >= 0.3 is 0 Å². The van der Waals surface area contributed by atoms with Crippen molar-refractivity contribution in [1.82, 2.24) is 24.9 Å². The third-order valence-corrected chi connectivity index (χ3v) is 5.18. The van der Waals surface area contributed by atoms with Crippen LogP contribution in [0, 0.1) is 13.8 Å². The molecule has 1 aliphatic heterocycles. The average molecular weight is 388 g/mol. The van der Waals surface area contributed by atoms with Crippen LogP contribution in [-0.2, 0) is 18.3 Å². The highest BCUT2D eigenvalue weighted by atomic mass is 16.5. The highest BCUT2D eigenvalue weighted by Crippen LogP contribution is 2.18. The maximum Gasteiger partial charge on any atom is 0.266 e. The minimum absolute atomic E-state index is 0.0152. The smallest absolute Gasteiger partial charge is 0.266 e. The third-order valence-electron chi connectivity index (χ3n) is 5.18. The molecule has 1 fully saturated rings. The predicted molar refractivity (Wildman–Crippen MR) is 106 cm³/mol. The average Bonchev–Trinajstić information content (AvgIpc) is 2.93. The summed E-state index contributed by atoms with van der Waals surface area (Å²) in [6.45, 7) is 6.08. The van der Waals surface area contributed by atoms with E-state index in [1.807, 2.05) is 20.9 Å². The first-order valence-corrected chi connectivity index (χ1v) is 9.53. The molecule has 1 amide bonds. The lowest BCUT2D eigenvalue weighted by Gasteiger charge is -2.34. The number of piperidine rings is 1. The molecular weight excluding hydrogens is 360 g/mol. The number of ether oxygens (including phenoxy) is 1. The second-order valence-corrected chi connectivity index (χ2v) is 7.17. The number of anilines is 1. The van der Waals surface area contributed by atoms with Gasteiger partial charge in [0.25, 0.3) is 11.5 Å². The topological polar surface area (TPSA) is 94.3 Å². The van der Waals surface area contributed by atoms with Gasteiger partial charge in [0.15, 0.2) is 0 Å². The molecule has 9 nitrogen and oxygen atoms in total. The minimum atomic E-state index is -0.148. The van der Waals surface area contributed by atoms with Crippen LogP contribution in [0.5, 0.6) is 0 Å². The summed E-state index contributed by atoms with van der Waals surface area (Å²) in [5.41, 5.74) is 2.09. The highest BCUT2D eigenvalue weighted by Gasteiger charge is 2.25. The number of carbonyl (C=O) groups excluding carboxylic acids is 1. The molecular formula is C19H28N6O3. The number of methoxy groups -OCH3 is 1. The summed E-state index contributed by atoms with van der Waals surface area (Å²) in [6.07, 6.45) is 1.85. The number of nitrogens with one attached hydrogen (secondary N) is 1. The summed E-state index contributed by atoms with van der Waals surface area (Å²) in [7, 11) is 3.43. The van der Waals surface area contributed by atoms with Gasteiger partial charge < -0.3 is 15.0 Å². The maximum atomic E-state index is 12.8. The van der Waals surface area contributed by atoms with Gasteiger partial charge in [-0.3, -0.25) is 14.3 Å². The van der Waals surface area contributed by atoms with Crippen LogP contribution in [0.4, 0.5) is 5.82 Å². The zero-order valence-electron chi connectivity index (χ0n) is 16.9. The summed E-state index contributed by atoms with van der Waals surface area (Å²) in [6, 6.07) is 3.29. The largest absolute Gasteiger partial charge is 0.383 e. The van der Waals surface area contributed by atoms with Crippen molar-refractivity contribution in [3.8, 4) is 0 Å². The summed E-state index contributed by atoms with van der Waals surface area (Å²) >= 11 is 0. The van der Waals surface area contributed by atoms with Gasteiger partial charge in [0.05, 0.1) is 24.4 Å². The monoisotopic (exact) mass is 388 g/mol. The van der Waals surface area contributed by atoms with Crippen molar-refractivity contribution in [2.75, 3.05) is 31.7 Å². The second-order valence-electron chi connectivity index (χ2n) is 7.17. The number of aryl methyl sites for hydroxylation is 2. The van der Waals surface area contributed by atoms with Crippen molar-refractivity contribution in [3.05, 3.63) is 39.4 Å². The van der Waals surface area contributed by atoms with Gasteiger partial charge in [-0.25, -0.2) is 4.68 Å². The molecule has 3 heterocycles. The fourth-order valence-electron chi connectivity index (χ4n) is 3.61. The van der Waals surface area contributed by atoms with Crippen molar-refractivity contribution in [2.45, 2.75) is 39.3 Å². The van der Waals surface area contributed by atoms with E-state index in [4.69, 9.17) is 4.74 Å². The molecule has 0 aliphatic carbocycles. The van der Waals surface area contributed by atoms with E-state index in [2.05, 4.69) is 20.4 Å². The van der Waals surface area contributed by atoms with Gasteiger partial charge in [0.1, 0.15) is 5.82 Å². The molecule has 1 N–H and O–H groups in total. The fraction of sp³-hybridized carbons (Fsp3) is 0.579. The summed E-state index contributed by atoms with van der Waals surface area (Å²) in [4.78, 5) is 26.8. The lowest BCUT2D eigenvalue weighted by Crippen LogP contribution is -2.48. The van der Waals surface area contributed by atoms with E-state index in [0.717, 1.165) is 36.6 Å². The van der Waals surface area contributed by atoms with Crippen molar-refractivity contribution in [3.63, 3.8) is 0 Å². The Kier molecular flexibility index (Phi) is 6.13. The SMILES string of the molecule is COCCn1nc(N2CCCC(NC(=O)c3c(C)nn(C)c3C)C2)ccc1=O. The van der Waals surface area contributed by atoms with Crippen LogP contribution < -0.4 is 15.8 Å². The molecule has 1 unspecified atom stereocenters. The molecule has 0 radical (unpaired) electrons. The van der Waals surface area contributed by atoms with Crippen LogP contribution in [0.2, 0.25) is 0 Å². The molecule has 1 atom stereocenters. The number of carbonyl (C=O) groups is 1. The van der Waals surface area contributed by atoms with Gasteiger partial charge in [-0.2, -0.15) is 10.2 Å². The molecule has 152 valence electrons. The quantitative estimate of drug-likeness (QED) is 0.780. The molecule has 1 saturated heterocycles. The third kappa shape index (κ3) is 4.24. The molecule has 9 heteroatoms. The van der Waals surface area contributed by atoms with Crippen molar-refractivity contribution >= 4 is 11.7 Å². The number of hydrogen-bond acceptors (Lipinski definition) is 6. The second kappa shape index (κ2) is 8.55. The summed E-state index contributed by atoms with van der Waals surface area (Å²) in [5, 5.41) is 11.9. The molecule has 2 aromatic rings. The highest BCUT2D eigenvalue weighted by molar-refractivity contribution is 5.96. The van der Waals surface area contributed by atoms with Gasteiger partial charge in [0.2, 0.25) is 0 Å². The molecule has 28 heavy (non-hydrogen) atoms. The van der Waals surface area contributed by atoms with Gasteiger partial charge in [-0.1, -0.05) is 0 Å². The van der Waals surface area contributed by atoms with E-state index < -0.39 is 0 Å². The molecule has 2 aromatic heterocycles. The summed E-state index contributed by atoms with van der Waals surface area (Å²) < 4.78 is 8.19. The van der Waals surface area contributed by atoms with Crippen LogP contribution in [-0.4, -0.2) is 58.3 Å². The Morgan fingerprint density at radius 3 is 2.79 bits per heavy atom. The zero-order valence-corrected chi connectivity index (χ0v) is 16.9. The van der Waals surface area contributed by atoms with E-state index in [-0.39, 0.29) is 17.5 Å². The first-order chi connectivity index (χ1) is 13.4. The lowest BCUT2D eigenvalue weighted by atomic mass is 10.0. The minimum Gasteiger partial charge on any atom is -0.383 e. The van der Waals surface area contributed by atoms with Crippen molar-refractivity contribution < 1.29 is 9.53 Å². The fourth-order valence-corrected chi connectivity index (χ4v) is 3.61. The number of nitrogens with zero attached hydrogens (tertiary/aromatic N) is 5. The normalized spacial score (nSPS) is 17.0. The summed E-state index contributed by atoms with van der Waals surface area (Å²) in [5.74, 6) is 0.649. The molecule has 3 rings (SSSR count). The number of rotatable bonds is 6. The van der Waals surface area contributed by atoms with E-state index in [1.54, 1.807) is 17.9 Å². The Morgan fingerprint density at radius 2 is 2.11 bits per heavy atom. The van der Waals surface area contributed by atoms with E-state index in [1.165, 1.54) is 10.7 Å². The Hall–Kier alpha value is -2.68. The molecule has 0 aromatic carbocycles. The lowest BCUT2D eigenvalue weighted by molar-refractivity contribution is 0.0931. The predicted octanol–water partition coefficient (Wildman–Crippen LogP) is 0.639.